The summed E-state index contributed by atoms with van der Waals surface area (Å²) in [4.78, 5) is 0. The van der Waals surface area contributed by atoms with E-state index in [0.29, 0.717) is 0 Å². The molecule has 28 heavy (non-hydrogen) atoms. The van der Waals surface area contributed by atoms with E-state index >= 15 is 0 Å². The SMILES string of the molecule is CC[SiH]=[Zr+2].Cc1cc2c(C)cccc2[cH-]1.Cc1cc2c(C)cccc2[cH-]1.[Cl-].[Cl-]. The Balaban J connectivity index is 0.000000415. The molecule has 0 aromatic heterocycles. The van der Waals surface area contributed by atoms with Crippen LogP contribution in [0.3, 0.4) is 0 Å². The van der Waals surface area contributed by atoms with Crippen molar-refractivity contribution >= 4 is 27.7 Å². The second-order valence-electron chi connectivity index (χ2n) is 6.83. The summed E-state index contributed by atoms with van der Waals surface area (Å²) in [6.07, 6.45) is 0.872. The third-order valence-corrected chi connectivity index (χ3v) is 7.85. The Hall–Kier alpha value is -0.660. The molecule has 0 aliphatic carbocycles. The molecule has 0 amide bonds. The van der Waals surface area contributed by atoms with Gasteiger partial charge in [0.15, 0.2) is 0 Å². The Morgan fingerprint density at radius 3 is 1.39 bits per heavy atom. The average Bonchev–Trinajstić information content (AvgIpc) is 3.19. The van der Waals surface area contributed by atoms with Crippen molar-refractivity contribution < 1.29 is 48.1 Å². The predicted molar refractivity (Wildman–Crippen MR) is 116 cm³/mol. The summed E-state index contributed by atoms with van der Waals surface area (Å²) >= 11 is 1.75. The zero-order chi connectivity index (χ0) is 19.1. The van der Waals surface area contributed by atoms with E-state index in [9.17, 15) is 0 Å². The molecule has 0 nitrogen and oxygen atoms in total. The van der Waals surface area contributed by atoms with Crippen LogP contribution in [0.25, 0.3) is 21.5 Å². The molecule has 0 bridgehead atoms. The molecule has 4 rings (SSSR count). The van der Waals surface area contributed by atoms with E-state index in [-0.39, 0.29) is 24.8 Å². The Kier molecular flexibility index (Phi) is 13.2. The quantitative estimate of drug-likeness (QED) is 0.263. The van der Waals surface area contributed by atoms with E-state index in [1.54, 1.807) is 23.3 Å². The molecular weight excluding hydrogens is 478 g/mol. The van der Waals surface area contributed by atoms with Crippen LogP contribution in [0, 0.1) is 27.7 Å². The van der Waals surface area contributed by atoms with E-state index < -0.39 is 0 Å². The zero-order valence-corrected chi connectivity index (χ0v) is 22.4. The van der Waals surface area contributed by atoms with Crippen LogP contribution in [0.5, 0.6) is 0 Å². The summed E-state index contributed by atoms with van der Waals surface area (Å²) in [5, 5.41) is 5.51. The number of rotatable bonds is 1. The molecule has 0 aliphatic rings. The fraction of sp³-hybridized carbons (Fsp3) is 0.250. The van der Waals surface area contributed by atoms with Crippen LogP contribution < -0.4 is 24.8 Å². The summed E-state index contributed by atoms with van der Waals surface area (Å²) in [7, 11) is 0. The van der Waals surface area contributed by atoms with Gasteiger partial charge in [-0.15, -0.1) is 69.1 Å². The van der Waals surface area contributed by atoms with Gasteiger partial charge in [0.2, 0.25) is 0 Å². The minimum absolute atomic E-state index is 0. The van der Waals surface area contributed by atoms with Gasteiger partial charge in [0, 0.05) is 0 Å². The van der Waals surface area contributed by atoms with Crippen LogP contribution >= 0.6 is 0 Å². The Morgan fingerprint density at radius 2 is 1.11 bits per heavy atom. The number of halogens is 2. The van der Waals surface area contributed by atoms with Gasteiger partial charge in [0.05, 0.1) is 0 Å². The summed E-state index contributed by atoms with van der Waals surface area (Å²) in [5.74, 6) is 0. The molecule has 0 unspecified atom stereocenters. The van der Waals surface area contributed by atoms with Crippen LogP contribution in [0.15, 0.2) is 60.7 Å². The maximum Gasteiger partial charge on any atom is -0.0488 e. The molecule has 148 valence electrons. The normalized spacial score (nSPS) is 9.39. The Morgan fingerprint density at radius 1 is 0.750 bits per heavy atom. The summed E-state index contributed by atoms with van der Waals surface area (Å²) < 4.78 is 0. The van der Waals surface area contributed by atoms with E-state index in [1.807, 2.05) is 0 Å². The van der Waals surface area contributed by atoms with Crippen LogP contribution in [-0.2, 0) is 23.3 Å². The molecule has 0 fully saturated rings. The minimum atomic E-state index is 0. The Labute approximate surface area is 198 Å². The van der Waals surface area contributed by atoms with Crippen LogP contribution in [-0.4, -0.2) is 6.16 Å². The van der Waals surface area contributed by atoms with E-state index in [0.717, 1.165) is 6.16 Å². The van der Waals surface area contributed by atoms with Gasteiger partial charge >= 0.3 is 42.5 Å². The van der Waals surface area contributed by atoms with Gasteiger partial charge in [0.25, 0.3) is 0 Å². The van der Waals surface area contributed by atoms with Crippen molar-refractivity contribution in [2.45, 2.75) is 40.7 Å². The van der Waals surface area contributed by atoms with Gasteiger partial charge in [-0.3, -0.25) is 0 Å². The smallest absolute Gasteiger partial charge is 0.0488 e. The van der Waals surface area contributed by atoms with E-state index in [2.05, 4.69) is 95.3 Å². The van der Waals surface area contributed by atoms with Gasteiger partial charge in [0.1, 0.15) is 0 Å². The van der Waals surface area contributed by atoms with Crippen LogP contribution in [0.4, 0.5) is 0 Å². The van der Waals surface area contributed by atoms with Gasteiger partial charge in [-0.2, -0.15) is 12.1 Å². The zero-order valence-electron chi connectivity index (χ0n) is 17.3. The van der Waals surface area contributed by atoms with Crippen molar-refractivity contribution in [1.29, 1.82) is 0 Å². The molecule has 4 aromatic carbocycles. The molecule has 0 spiro atoms. The topological polar surface area (TPSA) is 0 Å². The van der Waals surface area contributed by atoms with E-state index in [4.69, 9.17) is 0 Å². The second-order valence-corrected chi connectivity index (χ2v) is 11.1. The summed E-state index contributed by atoms with van der Waals surface area (Å²) in [6.45, 7) is 10.8. The summed E-state index contributed by atoms with van der Waals surface area (Å²) in [5.41, 5.74) is 5.45. The first-order valence-corrected chi connectivity index (χ1v) is 14.9. The fourth-order valence-electron chi connectivity index (χ4n) is 3.08. The van der Waals surface area contributed by atoms with E-state index in [1.165, 1.54) is 49.8 Å². The van der Waals surface area contributed by atoms with Gasteiger partial charge in [-0.05, 0) is 13.8 Å². The van der Waals surface area contributed by atoms with Crippen molar-refractivity contribution in [2.24, 2.45) is 0 Å². The predicted octanol–water partition coefficient (Wildman–Crippen LogP) is 0.682. The maximum atomic E-state index is 2.24. The van der Waals surface area contributed by atoms with Gasteiger partial charge in [-0.1, -0.05) is 37.1 Å². The molecule has 4 aromatic rings. The number of benzene rings is 2. The first kappa shape index (κ1) is 27.3. The standard InChI is InChI=1S/2C11H11.C2H6Si.2ClH.Zr/c2*1-8-6-10-5-3-4-9(2)11(10)7-8;1-2-3;;;/h2*3-7H,1-2H3;3H,2H2,1H3;2*1H;/q2*-1;;;;+2/p-2. The number of aryl methyl sites for hydroxylation is 4. The molecule has 0 N–H and O–H groups in total. The first-order chi connectivity index (χ1) is 12.5. The fourth-order valence-corrected chi connectivity index (χ4v) is 3.08. The summed E-state index contributed by atoms with van der Waals surface area (Å²) in [6, 6.07) is 23.2. The van der Waals surface area contributed by atoms with Crippen LogP contribution in [0.1, 0.15) is 29.2 Å². The largest absolute Gasteiger partial charge is 1.00 e. The van der Waals surface area contributed by atoms with Crippen molar-refractivity contribution in [3.8, 4) is 0 Å². The van der Waals surface area contributed by atoms with Crippen LogP contribution in [0.2, 0.25) is 6.04 Å². The third kappa shape index (κ3) is 7.64. The second kappa shape index (κ2) is 13.5. The maximum absolute atomic E-state index is 2.24. The van der Waals surface area contributed by atoms with Crippen molar-refractivity contribution in [1.82, 2.24) is 0 Å². The Bertz CT molecular complexity index is 920. The molecule has 0 saturated carbocycles. The molecule has 4 heteroatoms. The van der Waals surface area contributed by atoms with Gasteiger partial charge in [-0.25, -0.2) is 0 Å². The molecule has 0 saturated heterocycles. The molecule has 0 atom stereocenters. The van der Waals surface area contributed by atoms with Crippen molar-refractivity contribution in [2.75, 3.05) is 0 Å². The van der Waals surface area contributed by atoms with Crippen molar-refractivity contribution in [3.05, 3.63) is 82.9 Å². The average molecular weight is 507 g/mol. The molecular formula is C24H28Cl2SiZr-2. The number of hydrogen-bond donors (Lipinski definition) is 0. The van der Waals surface area contributed by atoms with Gasteiger partial charge < -0.3 is 24.8 Å². The number of fused-ring (bicyclic) bond motifs is 2. The van der Waals surface area contributed by atoms with Crippen molar-refractivity contribution in [3.63, 3.8) is 0 Å². The first-order valence-electron chi connectivity index (χ1n) is 9.20. The molecule has 0 heterocycles. The minimum Gasteiger partial charge on any atom is -1.00 e. The number of hydrogen-bond acceptors (Lipinski definition) is 0. The molecule has 0 radical (unpaired) electrons. The third-order valence-electron chi connectivity index (χ3n) is 4.43. The molecule has 0 aliphatic heterocycles. The monoisotopic (exact) mass is 504 g/mol.